The number of carbonyl (C=O) groups excluding carboxylic acids is 1. The number of halogens is 1. The van der Waals surface area contributed by atoms with E-state index >= 15 is 0 Å². The number of amides is 1. The second kappa shape index (κ2) is 4.36. The summed E-state index contributed by atoms with van der Waals surface area (Å²) in [6.07, 6.45) is 2.37. The molecule has 110 valence electrons. The van der Waals surface area contributed by atoms with Crippen LogP contribution in [0.15, 0.2) is 0 Å². The molecule has 0 spiro atoms. The molecule has 1 heterocycles. The van der Waals surface area contributed by atoms with Gasteiger partial charge in [0.1, 0.15) is 0 Å². The molecule has 4 heteroatoms. The van der Waals surface area contributed by atoms with Crippen LogP contribution in [0, 0.1) is 28.6 Å². The molecule has 1 saturated heterocycles. The minimum Gasteiger partial charge on any atom is -0.342 e. The maximum absolute atomic E-state index is 12.7. The highest BCUT2D eigenvalue weighted by Crippen LogP contribution is 2.69. The van der Waals surface area contributed by atoms with Crippen LogP contribution in [0.1, 0.15) is 40.5 Å². The molecule has 2 aliphatic carbocycles. The largest absolute Gasteiger partial charge is 0.342 e. The zero-order chi connectivity index (χ0) is 13.3. The molecule has 3 aliphatic rings. The molecule has 19 heavy (non-hydrogen) atoms. The molecule has 0 radical (unpaired) electrons. The number of nitrogens with two attached hydrogens (primary N) is 1. The van der Waals surface area contributed by atoms with Gasteiger partial charge in [-0.05, 0) is 35.5 Å². The molecule has 3 fully saturated rings. The lowest BCUT2D eigenvalue weighted by molar-refractivity contribution is -0.133. The van der Waals surface area contributed by atoms with Crippen LogP contribution in [0.25, 0.3) is 0 Å². The Kier molecular flexibility index (Phi) is 3.47. The van der Waals surface area contributed by atoms with E-state index in [0.29, 0.717) is 23.8 Å². The fraction of sp³-hybridized carbons (Fsp3) is 0.933. The summed E-state index contributed by atoms with van der Waals surface area (Å²) in [7, 11) is 0. The second-order valence-electron chi connectivity index (χ2n) is 7.78. The molecule has 3 rings (SSSR count). The maximum Gasteiger partial charge on any atom is 0.226 e. The van der Waals surface area contributed by atoms with Crippen LogP contribution in [0.5, 0.6) is 0 Å². The van der Waals surface area contributed by atoms with Gasteiger partial charge in [-0.3, -0.25) is 4.79 Å². The molecule has 3 unspecified atom stereocenters. The van der Waals surface area contributed by atoms with Gasteiger partial charge in [-0.25, -0.2) is 0 Å². The van der Waals surface area contributed by atoms with E-state index in [0.717, 1.165) is 19.5 Å². The van der Waals surface area contributed by atoms with Gasteiger partial charge in [0.25, 0.3) is 0 Å². The summed E-state index contributed by atoms with van der Waals surface area (Å²) in [4.78, 5) is 14.8. The third-order valence-corrected chi connectivity index (χ3v) is 6.49. The fourth-order valence-corrected chi connectivity index (χ4v) is 4.48. The van der Waals surface area contributed by atoms with Gasteiger partial charge in [-0.2, -0.15) is 0 Å². The minimum absolute atomic E-state index is 0. The van der Waals surface area contributed by atoms with Crippen LogP contribution >= 0.6 is 12.4 Å². The maximum atomic E-state index is 12.7. The van der Waals surface area contributed by atoms with Crippen LogP contribution in [0.4, 0.5) is 0 Å². The predicted molar refractivity (Wildman–Crippen MR) is 79.1 cm³/mol. The molecular formula is C15H27ClN2O. The molecule has 2 N–H and O–H groups in total. The lowest BCUT2D eigenvalue weighted by Gasteiger charge is -2.20. The van der Waals surface area contributed by atoms with E-state index in [2.05, 4.69) is 32.6 Å². The third kappa shape index (κ3) is 1.92. The highest BCUT2D eigenvalue weighted by molar-refractivity contribution is 5.85. The first kappa shape index (κ1) is 15.1. The van der Waals surface area contributed by atoms with Crippen molar-refractivity contribution in [2.45, 2.75) is 46.6 Å². The molecule has 0 aromatic rings. The van der Waals surface area contributed by atoms with E-state index < -0.39 is 0 Å². The normalized spacial score (nSPS) is 38.8. The first-order valence-corrected chi connectivity index (χ1v) is 7.31. The van der Waals surface area contributed by atoms with Gasteiger partial charge < -0.3 is 10.6 Å². The quantitative estimate of drug-likeness (QED) is 0.804. The third-order valence-electron chi connectivity index (χ3n) is 6.49. The average Bonchev–Trinajstić information content (AvgIpc) is 2.67. The Bertz CT molecular complexity index is 380. The zero-order valence-corrected chi connectivity index (χ0v) is 13.3. The minimum atomic E-state index is 0. The SMILES string of the molecule is CC1(C)C(C(=O)N2CC3CCC(N)C3C2)C1(C)C.Cl. The Morgan fingerprint density at radius 2 is 1.68 bits per heavy atom. The van der Waals surface area contributed by atoms with Crippen LogP contribution in [0.2, 0.25) is 0 Å². The number of carbonyl (C=O) groups is 1. The summed E-state index contributed by atoms with van der Waals surface area (Å²) in [6.45, 7) is 10.8. The second-order valence-corrected chi connectivity index (χ2v) is 7.78. The number of hydrogen-bond donors (Lipinski definition) is 1. The van der Waals surface area contributed by atoms with E-state index in [9.17, 15) is 4.79 Å². The van der Waals surface area contributed by atoms with Crippen molar-refractivity contribution >= 4 is 18.3 Å². The van der Waals surface area contributed by atoms with Crippen molar-refractivity contribution in [2.75, 3.05) is 13.1 Å². The molecule has 3 nitrogen and oxygen atoms in total. The van der Waals surface area contributed by atoms with Crippen LogP contribution in [0.3, 0.4) is 0 Å². The van der Waals surface area contributed by atoms with E-state index in [4.69, 9.17) is 5.73 Å². The molecule has 1 amide bonds. The summed E-state index contributed by atoms with van der Waals surface area (Å²) in [5.74, 6) is 1.83. The molecule has 2 saturated carbocycles. The van der Waals surface area contributed by atoms with Crippen molar-refractivity contribution in [3.05, 3.63) is 0 Å². The van der Waals surface area contributed by atoms with Crippen molar-refractivity contribution in [1.29, 1.82) is 0 Å². The van der Waals surface area contributed by atoms with Gasteiger partial charge in [0.15, 0.2) is 0 Å². The molecule has 0 bridgehead atoms. The number of likely N-dealkylation sites (tertiary alicyclic amines) is 1. The van der Waals surface area contributed by atoms with Crippen molar-refractivity contribution in [3.63, 3.8) is 0 Å². The smallest absolute Gasteiger partial charge is 0.226 e. The zero-order valence-electron chi connectivity index (χ0n) is 12.5. The fourth-order valence-electron chi connectivity index (χ4n) is 4.48. The summed E-state index contributed by atoms with van der Waals surface area (Å²) in [5, 5.41) is 0. The van der Waals surface area contributed by atoms with E-state index in [-0.39, 0.29) is 29.2 Å². The van der Waals surface area contributed by atoms with Crippen LogP contribution in [-0.4, -0.2) is 29.9 Å². The van der Waals surface area contributed by atoms with Crippen LogP contribution < -0.4 is 5.73 Å². The number of rotatable bonds is 1. The highest BCUT2D eigenvalue weighted by atomic mass is 35.5. The first-order valence-electron chi connectivity index (χ1n) is 7.31. The monoisotopic (exact) mass is 286 g/mol. The predicted octanol–water partition coefficient (Wildman–Crippen LogP) is 2.29. The van der Waals surface area contributed by atoms with Crippen molar-refractivity contribution < 1.29 is 4.79 Å². The Hall–Kier alpha value is -0.280. The van der Waals surface area contributed by atoms with Crippen molar-refractivity contribution in [1.82, 2.24) is 4.90 Å². The summed E-state index contributed by atoms with van der Waals surface area (Å²) < 4.78 is 0. The standard InChI is InChI=1S/C15H26N2O.ClH/c1-14(2)12(15(14,3)4)13(18)17-7-9-5-6-11(16)10(9)8-17;/h9-12H,5-8,16H2,1-4H3;1H. The van der Waals surface area contributed by atoms with E-state index in [1.165, 1.54) is 6.42 Å². The summed E-state index contributed by atoms with van der Waals surface area (Å²) >= 11 is 0. The molecule has 0 aromatic heterocycles. The Morgan fingerprint density at radius 3 is 2.16 bits per heavy atom. The van der Waals surface area contributed by atoms with E-state index in [1.807, 2.05) is 0 Å². The lowest BCUT2D eigenvalue weighted by Crippen LogP contribution is -2.35. The molecular weight excluding hydrogens is 260 g/mol. The van der Waals surface area contributed by atoms with Gasteiger partial charge >= 0.3 is 0 Å². The highest BCUT2D eigenvalue weighted by Gasteiger charge is 2.69. The summed E-state index contributed by atoms with van der Waals surface area (Å²) in [5.41, 5.74) is 6.46. The molecule has 1 aliphatic heterocycles. The van der Waals surface area contributed by atoms with Gasteiger partial charge in [-0.1, -0.05) is 27.7 Å². The Morgan fingerprint density at radius 1 is 1.11 bits per heavy atom. The number of hydrogen-bond acceptors (Lipinski definition) is 2. The van der Waals surface area contributed by atoms with Gasteiger partial charge in [0, 0.05) is 25.0 Å². The lowest BCUT2D eigenvalue weighted by atomic mass is 9.98. The number of nitrogens with zero attached hydrogens (tertiary/aromatic N) is 1. The average molecular weight is 287 g/mol. The van der Waals surface area contributed by atoms with Gasteiger partial charge in [0.2, 0.25) is 5.91 Å². The van der Waals surface area contributed by atoms with Gasteiger partial charge in [0.05, 0.1) is 0 Å². The Labute approximate surface area is 122 Å². The first-order chi connectivity index (χ1) is 8.26. The Balaban J connectivity index is 0.00000133. The molecule has 0 aromatic carbocycles. The van der Waals surface area contributed by atoms with Gasteiger partial charge in [-0.15, -0.1) is 12.4 Å². The van der Waals surface area contributed by atoms with Crippen molar-refractivity contribution in [3.8, 4) is 0 Å². The van der Waals surface area contributed by atoms with Crippen molar-refractivity contribution in [2.24, 2.45) is 34.3 Å². The van der Waals surface area contributed by atoms with E-state index in [1.54, 1.807) is 0 Å². The van der Waals surface area contributed by atoms with Crippen LogP contribution in [-0.2, 0) is 4.79 Å². The number of fused-ring (bicyclic) bond motifs is 1. The molecule has 3 atom stereocenters. The summed E-state index contributed by atoms with van der Waals surface area (Å²) in [6, 6.07) is 0.327. The topological polar surface area (TPSA) is 46.3 Å².